The Morgan fingerprint density at radius 2 is 1.77 bits per heavy atom. The van der Waals surface area contributed by atoms with E-state index in [9.17, 15) is 9.18 Å². The molecule has 0 bridgehead atoms. The largest absolute Gasteiger partial charge is 0.484 e. The van der Waals surface area contributed by atoms with Gasteiger partial charge in [0.1, 0.15) is 11.6 Å². The Morgan fingerprint density at radius 1 is 1.12 bits per heavy atom. The van der Waals surface area contributed by atoms with Gasteiger partial charge in [0.15, 0.2) is 6.61 Å². The number of hydrogen-bond donors (Lipinski definition) is 1. The molecule has 0 saturated carbocycles. The molecule has 1 fully saturated rings. The van der Waals surface area contributed by atoms with Crippen LogP contribution in [0.5, 0.6) is 5.75 Å². The molecule has 26 heavy (non-hydrogen) atoms. The predicted molar refractivity (Wildman–Crippen MR) is 99.8 cm³/mol. The van der Waals surface area contributed by atoms with Crippen LogP contribution in [0.4, 0.5) is 4.39 Å². The van der Waals surface area contributed by atoms with Crippen molar-refractivity contribution in [3.05, 3.63) is 64.9 Å². The van der Waals surface area contributed by atoms with Gasteiger partial charge in [-0.15, -0.1) is 0 Å². The molecule has 3 rings (SSSR count). The van der Waals surface area contributed by atoms with Gasteiger partial charge in [-0.2, -0.15) is 0 Å². The Bertz CT molecular complexity index is 714. The SMILES string of the molecule is O=C(COc1ccc(F)cc1)NC1CCN(Cc2ccc(Cl)cc2)CC1. The predicted octanol–water partition coefficient (Wildman–Crippen LogP) is 3.64. The normalized spacial score (nSPS) is 15.6. The zero-order valence-corrected chi connectivity index (χ0v) is 15.2. The van der Waals surface area contributed by atoms with Crippen LogP contribution in [-0.4, -0.2) is 36.5 Å². The first-order valence-corrected chi connectivity index (χ1v) is 9.11. The minimum atomic E-state index is -0.327. The van der Waals surface area contributed by atoms with Crippen LogP contribution in [0.3, 0.4) is 0 Å². The van der Waals surface area contributed by atoms with Gasteiger partial charge in [-0.25, -0.2) is 4.39 Å². The van der Waals surface area contributed by atoms with Crippen LogP contribution >= 0.6 is 11.6 Å². The highest BCUT2D eigenvalue weighted by molar-refractivity contribution is 6.30. The first kappa shape index (κ1) is 18.7. The average Bonchev–Trinajstić information content (AvgIpc) is 2.65. The Kier molecular flexibility index (Phi) is 6.47. The van der Waals surface area contributed by atoms with Gasteiger partial charge in [0, 0.05) is 30.7 Å². The van der Waals surface area contributed by atoms with Gasteiger partial charge in [-0.1, -0.05) is 23.7 Å². The number of halogens is 2. The van der Waals surface area contributed by atoms with Gasteiger partial charge >= 0.3 is 0 Å². The molecule has 1 amide bonds. The summed E-state index contributed by atoms with van der Waals surface area (Å²) in [4.78, 5) is 14.4. The lowest BCUT2D eigenvalue weighted by molar-refractivity contribution is -0.124. The van der Waals surface area contributed by atoms with Crippen molar-refractivity contribution in [1.82, 2.24) is 10.2 Å². The molecular weight excluding hydrogens is 355 g/mol. The van der Waals surface area contributed by atoms with Crippen LogP contribution in [0.25, 0.3) is 0 Å². The van der Waals surface area contributed by atoms with E-state index in [4.69, 9.17) is 16.3 Å². The molecule has 6 heteroatoms. The number of carbonyl (C=O) groups excluding carboxylic acids is 1. The number of piperidine rings is 1. The summed E-state index contributed by atoms with van der Waals surface area (Å²) in [6, 6.07) is 13.7. The minimum absolute atomic E-state index is 0.0589. The van der Waals surface area contributed by atoms with E-state index in [0.29, 0.717) is 5.75 Å². The molecule has 0 atom stereocenters. The van der Waals surface area contributed by atoms with E-state index in [0.717, 1.165) is 37.5 Å². The maximum atomic E-state index is 12.8. The fourth-order valence-corrected chi connectivity index (χ4v) is 3.16. The van der Waals surface area contributed by atoms with E-state index in [1.54, 1.807) is 0 Å². The molecule has 1 N–H and O–H groups in total. The second kappa shape index (κ2) is 9.01. The van der Waals surface area contributed by atoms with E-state index < -0.39 is 0 Å². The molecule has 1 aliphatic rings. The molecule has 0 aliphatic carbocycles. The van der Waals surface area contributed by atoms with Gasteiger partial charge in [0.25, 0.3) is 5.91 Å². The zero-order valence-electron chi connectivity index (χ0n) is 14.5. The molecule has 0 aromatic heterocycles. The molecule has 1 heterocycles. The monoisotopic (exact) mass is 376 g/mol. The number of rotatable bonds is 6. The fourth-order valence-electron chi connectivity index (χ4n) is 3.03. The Hall–Kier alpha value is -2.11. The average molecular weight is 377 g/mol. The molecule has 1 saturated heterocycles. The van der Waals surface area contributed by atoms with Gasteiger partial charge in [-0.3, -0.25) is 9.69 Å². The molecule has 4 nitrogen and oxygen atoms in total. The van der Waals surface area contributed by atoms with E-state index in [1.165, 1.54) is 29.8 Å². The van der Waals surface area contributed by atoms with Crippen LogP contribution in [0.1, 0.15) is 18.4 Å². The third kappa shape index (κ3) is 5.71. The lowest BCUT2D eigenvalue weighted by Gasteiger charge is -2.32. The Labute approximate surface area is 157 Å². The van der Waals surface area contributed by atoms with Crippen molar-refractivity contribution in [3.63, 3.8) is 0 Å². The van der Waals surface area contributed by atoms with Gasteiger partial charge in [-0.05, 0) is 54.8 Å². The molecule has 2 aromatic rings. The van der Waals surface area contributed by atoms with Crippen molar-refractivity contribution in [3.8, 4) is 5.75 Å². The molecular formula is C20H22ClFN2O2. The smallest absolute Gasteiger partial charge is 0.258 e. The molecule has 2 aromatic carbocycles. The van der Waals surface area contributed by atoms with Crippen LogP contribution < -0.4 is 10.1 Å². The highest BCUT2D eigenvalue weighted by atomic mass is 35.5. The Morgan fingerprint density at radius 3 is 2.42 bits per heavy atom. The number of hydrogen-bond acceptors (Lipinski definition) is 3. The van der Waals surface area contributed by atoms with Crippen molar-refractivity contribution >= 4 is 17.5 Å². The summed E-state index contributed by atoms with van der Waals surface area (Å²) in [7, 11) is 0. The van der Waals surface area contributed by atoms with E-state index >= 15 is 0 Å². The molecule has 1 aliphatic heterocycles. The third-order valence-corrected chi connectivity index (χ3v) is 4.71. The van der Waals surface area contributed by atoms with Crippen molar-refractivity contribution in [2.24, 2.45) is 0 Å². The fraction of sp³-hybridized carbons (Fsp3) is 0.350. The molecule has 138 valence electrons. The molecule has 0 spiro atoms. The second-order valence-corrected chi connectivity index (χ2v) is 6.92. The number of amides is 1. The first-order chi connectivity index (χ1) is 12.6. The summed E-state index contributed by atoms with van der Waals surface area (Å²) >= 11 is 5.91. The number of likely N-dealkylation sites (tertiary alicyclic amines) is 1. The van der Waals surface area contributed by atoms with Gasteiger partial charge in [0.05, 0.1) is 0 Å². The standard InChI is InChI=1S/C20H22ClFN2O2/c21-16-3-1-15(2-4-16)13-24-11-9-18(10-12-24)23-20(25)14-26-19-7-5-17(22)6-8-19/h1-8,18H,9-14H2,(H,23,25). The Balaban J connectivity index is 1.37. The summed E-state index contributed by atoms with van der Waals surface area (Å²) in [6.07, 6.45) is 1.83. The number of nitrogens with zero attached hydrogens (tertiary/aromatic N) is 1. The second-order valence-electron chi connectivity index (χ2n) is 6.49. The minimum Gasteiger partial charge on any atom is -0.484 e. The van der Waals surface area contributed by atoms with Gasteiger partial charge < -0.3 is 10.1 Å². The lowest BCUT2D eigenvalue weighted by atomic mass is 10.0. The summed E-state index contributed by atoms with van der Waals surface area (Å²) in [5, 5.41) is 3.76. The first-order valence-electron chi connectivity index (χ1n) is 8.73. The maximum absolute atomic E-state index is 12.8. The quantitative estimate of drug-likeness (QED) is 0.836. The van der Waals surface area contributed by atoms with Crippen LogP contribution in [0, 0.1) is 5.82 Å². The summed E-state index contributed by atoms with van der Waals surface area (Å²) < 4.78 is 18.2. The third-order valence-electron chi connectivity index (χ3n) is 4.46. The van der Waals surface area contributed by atoms with Crippen molar-refractivity contribution in [2.75, 3.05) is 19.7 Å². The van der Waals surface area contributed by atoms with Crippen molar-refractivity contribution in [2.45, 2.75) is 25.4 Å². The van der Waals surface area contributed by atoms with Crippen LogP contribution in [-0.2, 0) is 11.3 Å². The number of ether oxygens (including phenoxy) is 1. The van der Waals surface area contributed by atoms with Crippen LogP contribution in [0.2, 0.25) is 5.02 Å². The van der Waals surface area contributed by atoms with E-state index in [-0.39, 0.29) is 24.4 Å². The van der Waals surface area contributed by atoms with Gasteiger partial charge in [0.2, 0.25) is 0 Å². The van der Waals surface area contributed by atoms with Crippen LogP contribution in [0.15, 0.2) is 48.5 Å². The van der Waals surface area contributed by atoms with Crippen molar-refractivity contribution in [1.29, 1.82) is 0 Å². The lowest BCUT2D eigenvalue weighted by Crippen LogP contribution is -2.45. The highest BCUT2D eigenvalue weighted by Crippen LogP contribution is 2.16. The number of benzene rings is 2. The summed E-state index contributed by atoms with van der Waals surface area (Å²) in [5.74, 6) is 0.0111. The maximum Gasteiger partial charge on any atom is 0.258 e. The number of carbonyl (C=O) groups is 1. The summed E-state index contributed by atoms with van der Waals surface area (Å²) in [6.45, 7) is 2.71. The zero-order chi connectivity index (χ0) is 18.4. The van der Waals surface area contributed by atoms with E-state index in [2.05, 4.69) is 10.2 Å². The molecule has 0 radical (unpaired) electrons. The van der Waals surface area contributed by atoms with E-state index in [1.807, 2.05) is 24.3 Å². The van der Waals surface area contributed by atoms with Crippen molar-refractivity contribution < 1.29 is 13.9 Å². The summed E-state index contributed by atoms with van der Waals surface area (Å²) in [5.41, 5.74) is 1.24. The number of nitrogens with one attached hydrogen (secondary N) is 1. The highest BCUT2D eigenvalue weighted by Gasteiger charge is 2.20. The topological polar surface area (TPSA) is 41.6 Å². The molecule has 0 unspecified atom stereocenters.